The van der Waals surface area contributed by atoms with E-state index in [0.717, 1.165) is 17.0 Å². The molecule has 0 unspecified atom stereocenters. The Morgan fingerprint density at radius 3 is 2.50 bits per heavy atom. The normalized spacial score (nSPS) is 11.7. The van der Waals surface area contributed by atoms with E-state index < -0.39 is 23.5 Å². The van der Waals surface area contributed by atoms with Crippen LogP contribution < -0.4 is 5.32 Å². The summed E-state index contributed by atoms with van der Waals surface area (Å²) < 4.78 is 51.1. The maximum atomic E-state index is 13.2. The third-order valence-corrected chi connectivity index (χ3v) is 3.73. The van der Waals surface area contributed by atoms with Crippen LogP contribution in [-0.4, -0.2) is 5.91 Å². The fourth-order valence-corrected chi connectivity index (χ4v) is 2.50. The molecule has 2 aromatic carbocycles. The number of benzene rings is 2. The highest BCUT2D eigenvalue weighted by Gasteiger charge is 2.31. The zero-order chi connectivity index (χ0) is 17.6. The van der Waals surface area contributed by atoms with Crippen molar-refractivity contribution in [1.29, 1.82) is 0 Å². The fourth-order valence-electron chi connectivity index (χ4n) is 1.84. The predicted molar refractivity (Wildman–Crippen MR) is 84.7 cm³/mol. The Kier molecular flexibility index (Phi) is 6.03. The number of nitrogens with one attached hydrogen (secondary N) is 1. The largest absolute Gasteiger partial charge is 0.416 e. The summed E-state index contributed by atoms with van der Waals surface area (Å²) in [5.74, 6) is -1.47. The smallest absolute Gasteiger partial charge is 0.348 e. The Labute approximate surface area is 140 Å². The van der Waals surface area contributed by atoms with Gasteiger partial charge in [-0.05, 0) is 41.3 Å². The fraction of sp³-hybridized carbons (Fsp3) is 0.118. The highest BCUT2D eigenvalue weighted by Crippen LogP contribution is 2.30. The van der Waals surface area contributed by atoms with Crippen LogP contribution in [0.5, 0.6) is 0 Å². The zero-order valence-corrected chi connectivity index (χ0v) is 13.1. The maximum absolute atomic E-state index is 13.2. The third kappa shape index (κ3) is 5.73. The summed E-state index contributed by atoms with van der Waals surface area (Å²) in [6.45, 7) is -0.194. The molecule has 0 saturated carbocycles. The van der Waals surface area contributed by atoms with Crippen molar-refractivity contribution < 1.29 is 22.4 Å². The second kappa shape index (κ2) is 8.01. The Morgan fingerprint density at radius 1 is 1.12 bits per heavy atom. The summed E-state index contributed by atoms with van der Waals surface area (Å²) in [5.41, 5.74) is -1.04. The summed E-state index contributed by atoms with van der Waals surface area (Å²) in [5, 5.41) is 3.98. The molecule has 2 aromatic rings. The molecule has 0 heterocycles. The van der Waals surface area contributed by atoms with E-state index in [0.29, 0.717) is 6.07 Å². The zero-order valence-electron chi connectivity index (χ0n) is 12.3. The van der Waals surface area contributed by atoms with Crippen molar-refractivity contribution in [2.45, 2.75) is 17.6 Å². The third-order valence-electron chi connectivity index (χ3n) is 2.92. The number of rotatable bonds is 5. The molecule has 7 heteroatoms. The standard InChI is InChI=1S/C17H13F4NOS/c18-14-9-12(8-13(10-14)17(19,20)21)11-22-16(23)6-7-24-15-4-2-1-3-5-15/h1-10H,11H2,(H,22,23). The van der Waals surface area contributed by atoms with E-state index in [1.807, 2.05) is 30.3 Å². The van der Waals surface area contributed by atoms with E-state index in [1.165, 1.54) is 17.8 Å². The van der Waals surface area contributed by atoms with Gasteiger partial charge in [-0.2, -0.15) is 13.2 Å². The van der Waals surface area contributed by atoms with Crippen LogP contribution >= 0.6 is 11.8 Å². The van der Waals surface area contributed by atoms with Crippen molar-refractivity contribution in [2.24, 2.45) is 0 Å². The summed E-state index contributed by atoms with van der Waals surface area (Å²) in [6.07, 6.45) is -3.37. The van der Waals surface area contributed by atoms with Crippen LogP contribution in [0.1, 0.15) is 11.1 Å². The SMILES string of the molecule is O=C(C=CSc1ccccc1)NCc1cc(F)cc(C(F)(F)F)c1. The quantitative estimate of drug-likeness (QED) is 0.476. The highest BCUT2D eigenvalue weighted by atomic mass is 32.2. The van der Waals surface area contributed by atoms with Crippen LogP contribution in [0, 0.1) is 5.82 Å². The molecule has 0 aliphatic carbocycles. The monoisotopic (exact) mass is 355 g/mol. The first-order chi connectivity index (χ1) is 11.3. The predicted octanol–water partition coefficient (Wildman–Crippen LogP) is 4.77. The molecule has 0 aliphatic rings. The van der Waals surface area contributed by atoms with Gasteiger partial charge in [0.2, 0.25) is 5.91 Å². The van der Waals surface area contributed by atoms with Gasteiger partial charge < -0.3 is 5.32 Å². The molecule has 0 saturated heterocycles. The second-order valence-corrected chi connectivity index (χ2v) is 5.78. The Balaban J connectivity index is 1.91. The van der Waals surface area contributed by atoms with Gasteiger partial charge in [0.15, 0.2) is 0 Å². The van der Waals surface area contributed by atoms with E-state index in [9.17, 15) is 22.4 Å². The van der Waals surface area contributed by atoms with E-state index in [-0.39, 0.29) is 12.1 Å². The van der Waals surface area contributed by atoms with Gasteiger partial charge >= 0.3 is 6.18 Å². The van der Waals surface area contributed by atoms with E-state index in [2.05, 4.69) is 5.32 Å². The number of alkyl halides is 3. The minimum Gasteiger partial charge on any atom is -0.348 e. The molecular formula is C17H13F4NOS. The molecule has 0 aliphatic heterocycles. The number of thioether (sulfide) groups is 1. The van der Waals surface area contributed by atoms with Crippen molar-refractivity contribution >= 4 is 17.7 Å². The molecule has 0 bridgehead atoms. The van der Waals surface area contributed by atoms with E-state index >= 15 is 0 Å². The lowest BCUT2D eigenvalue weighted by atomic mass is 10.1. The summed E-state index contributed by atoms with van der Waals surface area (Å²) >= 11 is 1.33. The van der Waals surface area contributed by atoms with Crippen molar-refractivity contribution in [3.63, 3.8) is 0 Å². The van der Waals surface area contributed by atoms with Gasteiger partial charge in [0.25, 0.3) is 0 Å². The van der Waals surface area contributed by atoms with Gasteiger partial charge in [-0.15, -0.1) is 0 Å². The van der Waals surface area contributed by atoms with Crippen molar-refractivity contribution in [3.05, 3.63) is 77.0 Å². The molecule has 0 fully saturated rings. The maximum Gasteiger partial charge on any atom is 0.416 e. The Morgan fingerprint density at radius 2 is 1.83 bits per heavy atom. The van der Waals surface area contributed by atoms with E-state index in [4.69, 9.17) is 0 Å². The van der Waals surface area contributed by atoms with Crippen LogP contribution in [0.15, 0.2) is 64.9 Å². The molecule has 0 radical (unpaired) electrons. The summed E-state index contributed by atoms with van der Waals surface area (Å²) in [7, 11) is 0. The number of amides is 1. The summed E-state index contributed by atoms with van der Waals surface area (Å²) in [4.78, 5) is 12.6. The average Bonchev–Trinajstić information content (AvgIpc) is 2.53. The van der Waals surface area contributed by atoms with Gasteiger partial charge in [0, 0.05) is 17.5 Å². The lowest BCUT2D eigenvalue weighted by Crippen LogP contribution is -2.20. The van der Waals surface area contributed by atoms with Crippen LogP contribution in [-0.2, 0) is 17.5 Å². The molecule has 2 nitrogen and oxygen atoms in total. The van der Waals surface area contributed by atoms with Crippen LogP contribution in [0.4, 0.5) is 17.6 Å². The Bertz CT molecular complexity index is 729. The summed E-state index contributed by atoms with van der Waals surface area (Å²) in [6, 6.07) is 11.5. The van der Waals surface area contributed by atoms with Gasteiger partial charge in [0.1, 0.15) is 5.82 Å². The van der Waals surface area contributed by atoms with Crippen LogP contribution in [0.2, 0.25) is 0 Å². The lowest BCUT2D eigenvalue weighted by Gasteiger charge is -2.09. The first-order valence-electron chi connectivity index (χ1n) is 6.87. The number of hydrogen-bond acceptors (Lipinski definition) is 2. The minimum atomic E-state index is -4.63. The first-order valence-corrected chi connectivity index (χ1v) is 7.75. The molecule has 1 N–H and O–H groups in total. The lowest BCUT2D eigenvalue weighted by molar-refractivity contribution is -0.137. The van der Waals surface area contributed by atoms with Crippen molar-refractivity contribution in [2.75, 3.05) is 0 Å². The molecule has 0 atom stereocenters. The second-order valence-electron chi connectivity index (χ2n) is 4.80. The molecule has 1 amide bonds. The number of hydrogen-bond donors (Lipinski definition) is 1. The van der Waals surface area contributed by atoms with Crippen molar-refractivity contribution in [3.8, 4) is 0 Å². The molecule has 0 aromatic heterocycles. The van der Waals surface area contributed by atoms with Crippen LogP contribution in [0.3, 0.4) is 0 Å². The average molecular weight is 355 g/mol. The molecule has 0 spiro atoms. The van der Waals surface area contributed by atoms with Gasteiger partial charge in [0.05, 0.1) is 5.56 Å². The Hall–Kier alpha value is -2.28. The van der Waals surface area contributed by atoms with Gasteiger partial charge in [-0.25, -0.2) is 4.39 Å². The highest BCUT2D eigenvalue weighted by molar-refractivity contribution is 8.02. The molecule has 126 valence electrons. The number of carbonyl (C=O) groups excluding carboxylic acids is 1. The molecule has 2 rings (SSSR count). The topological polar surface area (TPSA) is 29.1 Å². The van der Waals surface area contributed by atoms with Crippen molar-refractivity contribution in [1.82, 2.24) is 5.32 Å². The first kappa shape index (κ1) is 18.1. The number of carbonyl (C=O) groups is 1. The molecule has 24 heavy (non-hydrogen) atoms. The minimum absolute atomic E-state index is 0.0415. The van der Waals surface area contributed by atoms with Crippen LogP contribution in [0.25, 0.3) is 0 Å². The number of halogens is 4. The van der Waals surface area contributed by atoms with Gasteiger partial charge in [-0.3, -0.25) is 4.79 Å². The van der Waals surface area contributed by atoms with Gasteiger partial charge in [-0.1, -0.05) is 30.0 Å². The molecular weight excluding hydrogens is 342 g/mol. The van der Waals surface area contributed by atoms with E-state index in [1.54, 1.807) is 5.41 Å².